The number of nitrogens with zero attached hydrogens (tertiary/aromatic N) is 4. The monoisotopic (exact) mass is 408 g/mol. The molecule has 6 nitrogen and oxygen atoms in total. The van der Waals surface area contributed by atoms with Gasteiger partial charge in [0.25, 0.3) is 0 Å². The number of carbonyl (C=O) groups is 1. The molecule has 0 saturated carbocycles. The van der Waals surface area contributed by atoms with Crippen LogP contribution in [-0.2, 0) is 16.6 Å². The molecule has 4 heterocycles. The number of amides is 1. The van der Waals surface area contributed by atoms with Crippen molar-refractivity contribution in [3.05, 3.63) is 41.8 Å². The first-order valence-corrected chi connectivity index (χ1v) is 11.3. The van der Waals surface area contributed by atoms with E-state index in [0.717, 1.165) is 32.4 Å². The zero-order chi connectivity index (χ0) is 20.9. The molecule has 0 radical (unpaired) electrons. The largest absolute Gasteiger partial charge is 0.407 e. The molecule has 3 fully saturated rings. The van der Waals surface area contributed by atoms with Crippen molar-refractivity contribution in [1.29, 1.82) is 0 Å². The van der Waals surface area contributed by atoms with E-state index < -0.39 is 0 Å². The van der Waals surface area contributed by atoms with Gasteiger partial charge in [-0.2, -0.15) is 0 Å². The summed E-state index contributed by atoms with van der Waals surface area (Å²) < 4.78 is 6.09. The summed E-state index contributed by atoms with van der Waals surface area (Å²) in [6.07, 6.45) is 4.92. The van der Waals surface area contributed by atoms with Crippen LogP contribution in [0.5, 0.6) is 0 Å². The van der Waals surface area contributed by atoms with Crippen molar-refractivity contribution in [2.75, 3.05) is 18.0 Å². The van der Waals surface area contributed by atoms with Crippen LogP contribution in [-0.4, -0.2) is 46.2 Å². The first-order valence-electron chi connectivity index (χ1n) is 11.3. The summed E-state index contributed by atoms with van der Waals surface area (Å²) >= 11 is 0. The van der Waals surface area contributed by atoms with Crippen molar-refractivity contribution in [3.63, 3.8) is 0 Å². The van der Waals surface area contributed by atoms with Crippen molar-refractivity contribution in [2.24, 2.45) is 11.8 Å². The number of hydrogen-bond donors (Lipinski definition) is 0. The van der Waals surface area contributed by atoms with Crippen molar-refractivity contribution in [3.8, 4) is 0 Å². The Hall–Kier alpha value is -2.37. The highest BCUT2D eigenvalue weighted by Gasteiger charge is 2.50. The molecular formula is C24H32N4O2. The van der Waals surface area contributed by atoms with Crippen molar-refractivity contribution in [1.82, 2.24) is 15.1 Å². The smallest absolute Gasteiger partial charge is 0.318 e. The summed E-state index contributed by atoms with van der Waals surface area (Å²) in [7, 11) is 0. The maximum absolute atomic E-state index is 13.0. The van der Waals surface area contributed by atoms with Gasteiger partial charge in [-0.3, -0.25) is 4.79 Å². The second kappa shape index (κ2) is 7.40. The SMILES string of the molecule is CC(C)(C)c1nnc(N2C[C@H]3C[C@@H](C2)[C@H](Cc2ccccc2)N2C(=O)CCC[C@@H]32)o1. The maximum atomic E-state index is 13.0. The van der Waals surface area contributed by atoms with E-state index in [1.165, 1.54) is 12.0 Å². The minimum atomic E-state index is -0.153. The predicted octanol–water partition coefficient (Wildman–Crippen LogP) is 3.82. The Labute approximate surface area is 178 Å². The molecule has 2 aromatic rings. The quantitative estimate of drug-likeness (QED) is 0.773. The van der Waals surface area contributed by atoms with Crippen LogP contribution in [0.15, 0.2) is 34.7 Å². The van der Waals surface area contributed by atoms with Crippen molar-refractivity contribution >= 4 is 11.9 Å². The molecule has 1 amide bonds. The Kier molecular flexibility index (Phi) is 4.83. The number of rotatable bonds is 3. The lowest BCUT2D eigenvalue weighted by atomic mass is 9.71. The van der Waals surface area contributed by atoms with E-state index in [1.54, 1.807) is 0 Å². The fourth-order valence-electron chi connectivity index (χ4n) is 5.70. The molecule has 0 aliphatic carbocycles. The van der Waals surface area contributed by atoms with Crippen molar-refractivity contribution in [2.45, 2.75) is 70.4 Å². The summed E-state index contributed by atoms with van der Waals surface area (Å²) in [6.45, 7) is 8.05. The van der Waals surface area contributed by atoms with E-state index in [9.17, 15) is 4.79 Å². The lowest BCUT2D eigenvalue weighted by Crippen LogP contribution is -2.65. The molecule has 3 saturated heterocycles. The predicted molar refractivity (Wildman–Crippen MR) is 115 cm³/mol. The van der Waals surface area contributed by atoms with Crippen molar-refractivity contribution < 1.29 is 9.21 Å². The molecule has 4 atom stereocenters. The molecule has 0 N–H and O–H groups in total. The number of piperidine rings is 3. The summed E-state index contributed by atoms with van der Waals surface area (Å²) in [6, 6.07) is 11.8. The van der Waals surface area contributed by atoms with Gasteiger partial charge >= 0.3 is 6.01 Å². The number of aromatic nitrogens is 2. The third kappa shape index (κ3) is 3.50. The number of carbonyl (C=O) groups excluding carboxylic acids is 1. The summed E-state index contributed by atoms with van der Waals surface area (Å²) in [5.41, 5.74) is 1.15. The van der Waals surface area contributed by atoms with Crippen LogP contribution in [0.1, 0.15) is 57.9 Å². The first kappa shape index (κ1) is 19.6. The van der Waals surface area contributed by atoms with Gasteiger partial charge in [-0.05, 0) is 43.1 Å². The van der Waals surface area contributed by atoms with E-state index >= 15 is 0 Å². The van der Waals surface area contributed by atoms with Gasteiger partial charge in [-0.25, -0.2) is 0 Å². The topological polar surface area (TPSA) is 62.5 Å². The zero-order valence-electron chi connectivity index (χ0n) is 18.3. The summed E-state index contributed by atoms with van der Waals surface area (Å²) in [4.78, 5) is 17.6. The number of benzene rings is 1. The van der Waals surface area contributed by atoms with E-state index in [1.807, 2.05) is 0 Å². The third-order valence-electron chi connectivity index (χ3n) is 7.11. The average molecular weight is 409 g/mol. The second-order valence-electron chi connectivity index (χ2n) is 10.3. The van der Waals surface area contributed by atoms with Gasteiger partial charge in [-0.1, -0.05) is 56.2 Å². The lowest BCUT2D eigenvalue weighted by Gasteiger charge is -2.56. The van der Waals surface area contributed by atoms with Gasteiger partial charge in [0, 0.05) is 37.0 Å². The van der Waals surface area contributed by atoms with Gasteiger partial charge in [0.05, 0.1) is 0 Å². The zero-order valence-corrected chi connectivity index (χ0v) is 18.3. The van der Waals surface area contributed by atoms with Crippen LogP contribution < -0.4 is 4.90 Å². The average Bonchev–Trinajstić information content (AvgIpc) is 3.23. The van der Waals surface area contributed by atoms with E-state index in [-0.39, 0.29) is 11.5 Å². The van der Waals surface area contributed by atoms with Crippen LogP contribution in [0, 0.1) is 11.8 Å². The highest BCUT2D eigenvalue weighted by atomic mass is 16.4. The normalized spacial score (nSPS) is 29.1. The number of anilines is 1. The van der Waals surface area contributed by atoms with Gasteiger partial charge in [0.15, 0.2) is 0 Å². The third-order valence-corrected chi connectivity index (χ3v) is 7.11. The number of fused-ring (bicyclic) bond motifs is 4. The molecule has 0 spiro atoms. The molecule has 1 aromatic carbocycles. The fraction of sp³-hybridized carbons (Fsp3) is 0.625. The lowest BCUT2D eigenvalue weighted by molar-refractivity contribution is -0.148. The molecule has 5 rings (SSSR count). The highest BCUT2D eigenvalue weighted by Crippen LogP contribution is 2.43. The van der Waals surface area contributed by atoms with Crippen LogP contribution in [0.4, 0.5) is 6.01 Å². The minimum absolute atomic E-state index is 0.153. The Bertz CT molecular complexity index is 903. The molecule has 3 aliphatic heterocycles. The molecule has 2 bridgehead atoms. The maximum Gasteiger partial charge on any atom is 0.318 e. The highest BCUT2D eigenvalue weighted by molar-refractivity contribution is 5.78. The Morgan fingerprint density at radius 2 is 1.87 bits per heavy atom. The van der Waals surface area contributed by atoms with Gasteiger partial charge in [0.1, 0.15) is 0 Å². The van der Waals surface area contributed by atoms with Gasteiger partial charge < -0.3 is 14.2 Å². The van der Waals surface area contributed by atoms with E-state index in [2.05, 4.69) is 71.1 Å². The van der Waals surface area contributed by atoms with Crippen LogP contribution >= 0.6 is 0 Å². The van der Waals surface area contributed by atoms with Crippen LogP contribution in [0.25, 0.3) is 0 Å². The fourth-order valence-corrected chi connectivity index (χ4v) is 5.70. The minimum Gasteiger partial charge on any atom is -0.407 e. The molecule has 6 heteroatoms. The van der Waals surface area contributed by atoms with Crippen LogP contribution in [0.2, 0.25) is 0 Å². The Balaban J connectivity index is 1.44. The molecule has 30 heavy (non-hydrogen) atoms. The van der Waals surface area contributed by atoms with Gasteiger partial charge in [0.2, 0.25) is 11.8 Å². The number of hydrogen-bond acceptors (Lipinski definition) is 5. The standard InChI is InChI=1S/C24H32N4O2/c1-24(2,3)22-25-26-23(30-22)27-14-17-13-18(15-27)20(12-16-8-5-4-6-9-16)28-19(17)10-7-11-21(28)29/h4-6,8-9,17-20H,7,10-15H2,1-3H3/t17-,18+,19+,20+/m1/s1. The molecule has 3 aliphatic rings. The summed E-state index contributed by atoms with van der Waals surface area (Å²) in [5, 5.41) is 8.70. The molecule has 0 unspecified atom stereocenters. The summed E-state index contributed by atoms with van der Waals surface area (Å²) in [5.74, 6) is 1.93. The molecule has 160 valence electrons. The Morgan fingerprint density at radius 1 is 1.10 bits per heavy atom. The van der Waals surface area contributed by atoms with E-state index in [4.69, 9.17) is 4.42 Å². The Morgan fingerprint density at radius 3 is 2.60 bits per heavy atom. The second-order valence-corrected chi connectivity index (χ2v) is 10.3. The van der Waals surface area contributed by atoms with E-state index in [0.29, 0.717) is 42.1 Å². The van der Waals surface area contributed by atoms with Gasteiger partial charge in [-0.15, -0.1) is 5.10 Å². The molecule has 1 aromatic heterocycles. The molecular weight excluding hydrogens is 376 g/mol. The first-order chi connectivity index (χ1) is 14.4. The van der Waals surface area contributed by atoms with Crippen LogP contribution in [0.3, 0.4) is 0 Å².